The predicted octanol–water partition coefficient (Wildman–Crippen LogP) is 3.95. The van der Waals surface area contributed by atoms with Gasteiger partial charge in [0.25, 0.3) is 11.5 Å². The van der Waals surface area contributed by atoms with Gasteiger partial charge in [-0.25, -0.2) is 4.99 Å². The Balaban J connectivity index is 1.65. The van der Waals surface area contributed by atoms with E-state index in [-0.39, 0.29) is 11.5 Å². The number of benzene rings is 3. The van der Waals surface area contributed by atoms with Crippen LogP contribution in [0.25, 0.3) is 6.08 Å². The van der Waals surface area contributed by atoms with Crippen LogP contribution in [0.2, 0.25) is 0 Å². The molecule has 4 aromatic rings. The van der Waals surface area contributed by atoms with Gasteiger partial charge < -0.3 is 15.0 Å². The van der Waals surface area contributed by atoms with E-state index < -0.39 is 6.04 Å². The molecule has 192 valence electrons. The molecule has 8 heteroatoms. The van der Waals surface area contributed by atoms with Crippen LogP contribution >= 0.6 is 11.3 Å². The van der Waals surface area contributed by atoms with Gasteiger partial charge >= 0.3 is 0 Å². The smallest absolute Gasteiger partial charge is 0.271 e. The number of carbonyl (C=O) groups is 1. The molecule has 1 aliphatic rings. The summed E-state index contributed by atoms with van der Waals surface area (Å²) in [6.45, 7) is 1.81. The standard InChI is InChI=1S/C30H28N4O3S/c1-19-26(28(35)32-22-10-6-5-7-11-22)27(21-9-8-12-24(18-21)37-4)34-29(36)25(38-30(34)31-19)17-20-13-15-23(16-14-20)33(2)3/h5-18,27H,1-4H3,(H,32,35)/b25-17+. The quantitative estimate of drug-likeness (QED) is 0.415. The average molecular weight is 525 g/mol. The lowest BCUT2D eigenvalue weighted by Gasteiger charge is -2.25. The lowest BCUT2D eigenvalue weighted by atomic mass is 9.95. The van der Waals surface area contributed by atoms with Crippen molar-refractivity contribution in [3.63, 3.8) is 0 Å². The second kappa shape index (κ2) is 10.5. The van der Waals surface area contributed by atoms with Crippen LogP contribution in [0.4, 0.5) is 11.4 Å². The van der Waals surface area contributed by atoms with Crippen molar-refractivity contribution in [2.24, 2.45) is 4.99 Å². The Kier molecular flexibility index (Phi) is 6.98. The first kappa shape index (κ1) is 25.2. The third-order valence-electron chi connectivity index (χ3n) is 6.41. The molecule has 0 aliphatic carbocycles. The van der Waals surface area contributed by atoms with Crippen molar-refractivity contribution in [3.8, 4) is 5.75 Å². The van der Waals surface area contributed by atoms with Gasteiger partial charge in [-0.2, -0.15) is 0 Å². The fourth-order valence-electron chi connectivity index (χ4n) is 4.48. The molecule has 1 unspecified atom stereocenters. The van der Waals surface area contributed by atoms with Gasteiger partial charge in [-0.3, -0.25) is 14.2 Å². The lowest BCUT2D eigenvalue weighted by Crippen LogP contribution is -2.40. The minimum Gasteiger partial charge on any atom is -0.497 e. The van der Waals surface area contributed by atoms with Gasteiger partial charge in [-0.1, -0.05) is 53.8 Å². The highest BCUT2D eigenvalue weighted by atomic mass is 32.1. The number of aromatic nitrogens is 1. The van der Waals surface area contributed by atoms with Crippen LogP contribution in [-0.4, -0.2) is 31.7 Å². The maximum Gasteiger partial charge on any atom is 0.271 e. The number of nitrogens with one attached hydrogen (secondary N) is 1. The first-order valence-corrected chi connectivity index (χ1v) is 13.0. The number of thiazole rings is 1. The van der Waals surface area contributed by atoms with Crippen LogP contribution in [0.5, 0.6) is 5.75 Å². The van der Waals surface area contributed by atoms with Crippen LogP contribution in [-0.2, 0) is 4.79 Å². The van der Waals surface area contributed by atoms with Crippen molar-refractivity contribution in [3.05, 3.63) is 121 Å². The minimum absolute atomic E-state index is 0.198. The number of rotatable bonds is 6. The second-order valence-electron chi connectivity index (χ2n) is 9.16. The van der Waals surface area contributed by atoms with Crippen molar-refractivity contribution in [2.45, 2.75) is 13.0 Å². The molecule has 1 amide bonds. The van der Waals surface area contributed by atoms with Crippen LogP contribution in [0.3, 0.4) is 0 Å². The molecule has 0 fully saturated rings. The van der Waals surface area contributed by atoms with E-state index in [1.807, 2.05) is 111 Å². The summed E-state index contributed by atoms with van der Waals surface area (Å²) in [6, 6.07) is 24.0. The van der Waals surface area contributed by atoms with Gasteiger partial charge in [0.15, 0.2) is 4.80 Å². The van der Waals surface area contributed by atoms with Crippen molar-refractivity contribution in [1.29, 1.82) is 0 Å². The summed E-state index contributed by atoms with van der Waals surface area (Å²) >= 11 is 1.32. The topological polar surface area (TPSA) is 75.9 Å². The molecule has 0 bridgehead atoms. The molecule has 0 saturated heterocycles. The highest BCUT2D eigenvalue weighted by Gasteiger charge is 2.32. The molecule has 1 N–H and O–H groups in total. The summed E-state index contributed by atoms with van der Waals surface area (Å²) in [5.74, 6) is 0.335. The van der Waals surface area contributed by atoms with Gasteiger partial charge in [-0.05, 0) is 60.5 Å². The zero-order valence-corrected chi connectivity index (χ0v) is 22.5. The highest BCUT2D eigenvalue weighted by Crippen LogP contribution is 2.32. The van der Waals surface area contributed by atoms with E-state index in [0.29, 0.717) is 32.0 Å². The first-order chi connectivity index (χ1) is 18.4. The van der Waals surface area contributed by atoms with Crippen molar-refractivity contribution in [2.75, 3.05) is 31.4 Å². The monoisotopic (exact) mass is 524 g/mol. The summed E-state index contributed by atoms with van der Waals surface area (Å²) in [4.78, 5) is 34.8. The summed E-state index contributed by atoms with van der Waals surface area (Å²) in [5, 5.41) is 2.97. The molecule has 1 aliphatic heterocycles. The number of hydrogen-bond donors (Lipinski definition) is 1. The maximum atomic E-state index is 13.9. The summed E-state index contributed by atoms with van der Waals surface area (Å²) < 4.78 is 7.62. The highest BCUT2D eigenvalue weighted by molar-refractivity contribution is 7.07. The third-order valence-corrected chi connectivity index (χ3v) is 7.40. The molecule has 38 heavy (non-hydrogen) atoms. The van der Waals surface area contributed by atoms with Crippen molar-refractivity contribution < 1.29 is 9.53 Å². The van der Waals surface area contributed by atoms with Crippen LogP contribution in [0.1, 0.15) is 24.1 Å². The Morgan fingerprint density at radius 1 is 1.05 bits per heavy atom. The fourth-order valence-corrected chi connectivity index (χ4v) is 5.53. The Hall–Kier alpha value is -4.43. The van der Waals surface area contributed by atoms with Crippen LogP contribution in [0, 0.1) is 0 Å². The third kappa shape index (κ3) is 4.90. The van der Waals surface area contributed by atoms with Gasteiger partial charge in [0, 0.05) is 25.5 Å². The normalized spacial score (nSPS) is 15.1. The number of nitrogens with zero attached hydrogens (tertiary/aromatic N) is 3. The molecule has 0 saturated carbocycles. The number of allylic oxidation sites excluding steroid dienone is 1. The fraction of sp³-hybridized carbons (Fsp3) is 0.167. The molecule has 7 nitrogen and oxygen atoms in total. The minimum atomic E-state index is -0.664. The molecular formula is C30H28N4O3S. The summed E-state index contributed by atoms with van der Waals surface area (Å²) in [7, 11) is 5.56. The number of anilines is 2. The second-order valence-corrected chi connectivity index (χ2v) is 10.2. The van der Waals surface area contributed by atoms with Gasteiger partial charge in [0.05, 0.1) is 29.0 Å². The Labute approximate surface area is 224 Å². The molecule has 3 aromatic carbocycles. The van der Waals surface area contributed by atoms with E-state index in [4.69, 9.17) is 9.73 Å². The molecule has 1 aromatic heterocycles. The lowest BCUT2D eigenvalue weighted by molar-refractivity contribution is -0.113. The van der Waals surface area contributed by atoms with Crippen molar-refractivity contribution in [1.82, 2.24) is 4.57 Å². The number of carbonyl (C=O) groups excluding carboxylic acids is 1. The molecule has 2 heterocycles. The Morgan fingerprint density at radius 3 is 2.47 bits per heavy atom. The summed E-state index contributed by atoms with van der Waals surface area (Å²) in [5.41, 5.74) is 4.20. The molecule has 5 rings (SSSR count). The SMILES string of the molecule is COc1cccc(C2C(C(=O)Nc3ccccc3)=C(C)N=c3s/c(=C/c4ccc(N(C)C)cc4)c(=O)n32)c1. The van der Waals surface area contributed by atoms with Gasteiger partial charge in [0.1, 0.15) is 5.75 Å². The molecule has 0 spiro atoms. The van der Waals surface area contributed by atoms with E-state index in [1.54, 1.807) is 11.7 Å². The Morgan fingerprint density at radius 2 is 1.79 bits per heavy atom. The first-order valence-electron chi connectivity index (χ1n) is 12.2. The summed E-state index contributed by atoms with van der Waals surface area (Å²) in [6.07, 6.45) is 1.87. The van der Waals surface area contributed by atoms with E-state index in [0.717, 1.165) is 16.8 Å². The number of amides is 1. The average Bonchev–Trinajstić information content (AvgIpc) is 3.22. The van der Waals surface area contributed by atoms with E-state index in [1.165, 1.54) is 11.3 Å². The molecule has 0 radical (unpaired) electrons. The number of para-hydroxylation sites is 1. The molecule has 1 atom stereocenters. The van der Waals surface area contributed by atoms with Crippen LogP contribution < -0.4 is 29.8 Å². The van der Waals surface area contributed by atoms with E-state index >= 15 is 0 Å². The molecular weight excluding hydrogens is 496 g/mol. The Bertz CT molecular complexity index is 1700. The van der Waals surface area contributed by atoms with Crippen LogP contribution in [0.15, 0.2) is 99.9 Å². The number of fused-ring (bicyclic) bond motifs is 1. The maximum absolute atomic E-state index is 13.9. The van der Waals surface area contributed by atoms with Gasteiger partial charge in [-0.15, -0.1) is 0 Å². The number of hydrogen-bond acceptors (Lipinski definition) is 6. The van der Waals surface area contributed by atoms with E-state index in [2.05, 4.69) is 5.32 Å². The zero-order chi connectivity index (χ0) is 26.8. The zero-order valence-electron chi connectivity index (χ0n) is 21.6. The number of ether oxygens (including phenoxy) is 1. The predicted molar refractivity (Wildman–Crippen MR) is 153 cm³/mol. The van der Waals surface area contributed by atoms with Crippen molar-refractivity contribution >= 4 is 34.7 Å². The van der Waals surface area contributed by atoms with E-state index in [9.17, 15) is 9.59 Å². The number of methoxy groups -OCH3 is 1. The van der Waals surface area contributed by atoms with Gasteiger partial charge in [0.2, 0.25) is 0 Å². The largest absolute Gasteiger partial charge is 0.497 e.